The molecule has 0 aliphatic heterocycles. The molecule has 0 saturated heterocycles. The number of esters is 1. The number of carbonyl (C=O) groups excluding carboxylic acids is 1. The Hall–Kier alpha value is -3.22. The van der Waals surface area contributed by atoms with E-state index in [1.54, 1.807) is 35.9 Å². The third-order valence-corrected chi connectivity index (χ3v) is 4.76. The molecule has 3 aromatic rings. The molecule has 0 unspecified atom stereocenters. The number of pyridine rings is 1. The number of benzene rings is 2. The Bertz CT molecular complexity index is 1120. The van der Waals surface area contributed by atoms with Crippen LogP contribution in [0.25, 0.3) is 10.9 Å². The van der Waals surface area contributed by atoms with Crippen LogP contribution in [-0.2, 0) is 11.3 Å². The molecule has 1 fully saturated rings. The van der Waals surface area contributed by atoms with Gasteiger partial charge in [-0.25, -0.2) is 13.6 Å². The van der Waals surface area contributed by atoms with Crippen LogP contribution in [0, 0.1) is 11.6 Å². The highest BCUT2D eigenvalue weighted by Crippen LogP contribution is 2.37. The molecular formula is C21H17F2NO4. The Labute approximate surface area is 159 Å². The smallest absolute Gasteiger partial charge is 0.343 e. The summed E-state index contributed by atoms with van der Waals surface area (Å²) >= 11 is 0. The lowest BCUT2D eigenvalue weighted by atomic mass is 10.1. The topological polar surface area (TPSA) is 57.5 Å². The number of ether oxygens (including phenoxy) is 2. The Morgan fingerprint density at radius 2 is 1.82 bits per heavy atom. The predicted octanol–water partition coefficient (Wildman–Crippen LogP) is 3.98. The maximum Gasteiger partial charge on any atom is 0.343 e. The summed E-state index contributed by atoms with van der Waals surface area (Å²) in [6, 6.07) is 8.84. The highest BCUT2D eigenvalue weighted by atomic mass is 19.2. The van der Waals surface area contributed by atoms with Crippen LogP contribution >= 0.6 is 0 Å². The van der Waals surface area contributed by atoms with Gasteiger partial charge in [-0.2, -0.15) is 0 Å². The summed E-state index contributed by atoms with van der Waals surface area (Å²) in [4.78, 5) is 25.2. The minimum absolute atomic E-state index is 0.0263. The largest absolute Gasteiger partial charge is 0.497 e. The Balaban J connectivity index is 1.67. The first-order valence-electron chi connectivity index (χ1n) is 8.82. The second-order valence-electron chi connectivity index (χ2n) is 6.72. The van der Waals surface area contributed by atoms with Crippen LogP contribution in [0.3, 0.4) is 0 Å². The summed E-state index contributed by atoms with van der Waals surface area (Å²) in [5, 5.41) is -0.0373. The molecule has 1 saturated carbocycles. The van der Waals surface area contributed by atoms with Gasteiger partial charge in [-0.05, 0) is 36.6 Å². The molecule has 1 aliphatic carbocycles. The minimum atomic E-state index is -1.13. The van der Waals surface area contributed by atoms with Crippen molar-refractivity contribution in [3.05, 3.63) is 75.6 Å². The van der Waals surface area contributed by atoms with Crippen molar-refractivity contribution in [1.82, 2.24) is 4.57 Å². The standard InChI is InChI=1S/C21H17F2NO4/c1-27-14-6-2-12(3-7-14)11-28-21(26)16-10-24(13-4-5-13)19-9-18(23)17(22)8-15(19)20(16)25/h2-3,6-10,13H,4-5,11H2,1H3. The van der Waals surface area contributed by atoms with Crippen molar-refractivity contribution in [3.63, 3.8) is 0 Å². The number of aromatic nitrogens is 1. The maximum atomic E-state index is 13.7. The molecule has 0 spiro atoms. The van der Waals surface area contributed by atoms with E-state index < -0.39 is 23.0 Å². The van der Waals surface area contributed by atoms with E-state index >= 15 is 0 Å². The summed E-state index contributed by atoms with van der Waals surface area (Å²) in [5.74, 6) is -2.29. The van der Waals surface area contributed by atoms with E-state index in [2.05, 4.69) is 0 Å². The summed E-state index contributed by atoms with van der Waals surface area (Å²) in [7, 11) is 1.55. The zero-order valence-corrected chi connectivity index (χ0v) is 15.1. The van der Waals surface area contributed by atoms with E-state index in [1.165, 1.54) is 6.20 Å². The van der Waals surface area contributed by atoms with Gasteiger partial charge in [-0.15, -0.1) is 0 Å². The molecule has 1 aromatic heterocycles. The van der Waals surface area contributed by atoms with Gasteiger partial charge < -0.3 is 14.0 Å². The van der Waals surface area contributed by atoms with Crippen LogP contribution in [0.5, 0.6) is 5.75 Å². The van der Waals surface area contributed by atoms with Crippen LogP contribution in [0.2, 0.25) is 0 Å². The Morgan fingerprint density at radius 1 is 1.14 bits per heavy atom. The summed E-state index contributed by atoms with van der Waals surface area (Å²) in [6.45, 7) is -0.0263. The first-order valence-corrected chi connectivity index (χ1v) is 8.82. The number of nitrogens with zero attached hydrogens (tertiary/aromatic N) is 1. The number of rotatable bonds is 5. The molecule has 144 valence electrons. The molecule has 0 radical (unpaired) electrons. The van der Waals surface area contributed by atoms with Crippen molar-refractivity contribution in [1.29, 1.82) is 0 Å². The molecule has 28 heavy (non-hydrogen) atoms. The van der Waals surface area contributed by atoms with Gasteiger partial charge in [0, 0.05) is 23.7 Å². The van der Waals surface area contributed by atoms with Gasteiger partial charge >= 0.3 is 5.97 Å². The SMILES string of the molecule is COc1ccc(COC(=O)c2cn(C3CC3)c3cc(F)c(F)cc3c2=O)cc1. The van der Waals surface area contributed by atoms with Gasteiger partial charge in [0.2, 0.25) is 5.43 Å². The lowest BCUT2D eigenvalue weighted by Crippen LogP contribution is -2.21. The fourth-order valence-corrected chi connectivity index (χ4v) is 3.09. The first-order chi connectivity index (χ1) is 13.5. The number of fused-ring (bicyclic) bond motifs is 1. The van der Waals surface area contributed by atoms with Crippen LogP contribution in [0.4, 0.5) is 8.78 Å². The fraction of sp³-hybridized carbons (Fsp3) is 0.238. The molecule has 4 rings (SSSR count). The Morgan fingerprint density at radius 3 is 2.46 bits per heavy atom. The van der Waals surface area contributed by atoms with Crippen LogP contribution < -0.4 is 10.2 Å². The van der Waals surface area contributed by atoms with Crippen molar-refractivity contribution in [2.45, 2.75) is 25.5 Å². The van der Waals surface area contributed by atoms with E-state index in [9.17, 15) is 18.4 Å². The van der Waals surface area contributed by atoms with Crippen molar-refractivity contribution >= 4 is 16.9 Å². The molecule has 0 N–H and O–H groups in total. The molecule has 0 amide bonds. The second-order valence-corrected chi connectivity index (χ2v) is 6.72. The van der Waals surface area contributed by atoms with E-state index in [0.29, 0.717) is 5.75 Å². The van der Waals surface area contributed by atoms with E-state index in [4.69, 9.17) is 9.47 Å². The predicted molar refractivity (Wildman–Crippen MR) is 98.5 cm³/mol. The van der Waals surface area contributed by atoms with E-state index in [1.807, 2.05) is 0 Å². The normalized spacial score (nSPS) is 13.5. The number of methoxy groups -OCH3 is 1. The summed E-state index contributed by atoms with van der Waals surface area (Å²) in [6.07, 6.45) is 3.07. The summed E-state index contributed by atoms with van der Waals surface area (Å²) in [5.41, 5.74) is 0.133. The van der Waals surface area contributed by atoms with Gasteiger partial charge in [0.05, 0.1) is 12.6 Å². The monoisotopic (exact) mass is 385 g/mol. The summed E-state index contributed by atoms with van der Waals surface area (Å²) < 4.78 is 39.4. The van der Waals surface area contributed by atoms with Crippen molar-refractivity contribution in [3.8, 4) is 5.75 Å². The van der Waals surface area contributed by atoms with Gasteiger partial charge in [-0.1, -0.05) is 12.1 Å². The molecule has 7 heteroatoms. The second kappa shape index (κ2) is 7.07. The average molecular weight is 385 g/mol. The molecule has 5 nitrogen and oxygen atoms in total. The zero-order chi connectivity index (χ0) is 19.8. The number of halogens is 2. The quantitative estimate of drug-likeness (QED) is 0.624. The van der Waals surface area contributed by atoms with Crippen molar-refractivity contribution < 1.29 is 23.0 Å². The number of hydrogen-bond donors (Lipinski definition) is 0. The van der Waals surface area contributed by atoms with E-state index in [0.717, 1.165) is 30.5 Å². The lowest BCUT2D eigenvalue weighted by Gasteiger charge is -2.13. The Kier molecular flexibility index (Phi) is 4.58. The molecule has 1 aliphatic rings. The average Bonchev–Trinajstić information content (AvgIpc) is 3.53. The lowest BCUT2D eigenvalue weighted by molar-refractivity contribution is 0.0470. The van der Waals surface area contributed by atoms with Gasteiger partial charge in [0.25, 0.3) is 0 Å². The van der Waals surface area contributed by atoms with Crippen LogP contribution in [-0.4, -0.2) is 17.6 Å². The maximum absolute atomic E-state index is 13.7. The zero-order valence-electron chi connectivity index (χ0n) is 15.1. The molecule has 2 aromatic carbocycles. The highest BCUT2D eigenvalue weighted by molar-refractivity contribution is 5.93. The third kappa shape index (κ3) is 3.35. The van der Waals surface area contributed by atoms with Crippen LogP contribution in [0.15, 0.2) is 47.4 Å². The van der Waals surface area contributed by atoms with Gasteiger partial charge in [-0.3, -0.25) is 4.79 Å². The third-order valence-electron chi connectivity index (χ3n) is 4.76. The molecule has 1 heterocycles. The van der Waals surface area contributed by atoms with E-state index in [-0.39, 0.29) is 29.1 Å². The first kappa shape index (κ1) is 18.2. The minimum Gasteiger partial charge on any atom is -0.497 e. The molecule has 0 bridgehead atoms. The highest BCUT2D eigenvalue weighted by Gasteiger charge is 2.28. The molecular weight excluding hydrogens is 368 g/mol. The number of hydrogen-bond acceptors (Lipinski definition) is 4. The van der Waals surface area contributed by atoms with Gasteiger partial charge in [0.1, 0.15) is 17.9 Å². The fourth-order valence-electron chi connectivity index (χ4n) is 3.09. The molecule has 0 atom stereocenters. The van der Waals surface area contributed by atoms with Gasteiger partial charge in [0.15, 0.2) is 11.6 Å². The van der Waals surface area contributed by atoms with Crippen molar-refractivity contribution in [2.24, 2.45) is 0 Å². The van der Waals surface area contributed by atoms with Crippen molar-refractivity contribution in [2.75, 3.05) is 7.11 Å². The number of carbonyl (C=O) groups is 1. The van der Waals surface area contributed by atoms with Crippen LogP contribution in [0.1, 0.15) is 34.8 Å².